The molecule has 2 unspecified atom stereocenters. The van der Waals surface area contributed by atoms with E-state index in [0.29, 0.717) is 6.42 Å². The largest absolute Gasteiger partial charge is 0.390 e. The zero-order valence-corrected chi connectivity index (χ0v) is 14.0. The minimum Gasteiger partial charge on any atom is -0.390 e. The summed E-state index contributed by atoms with van der Waals surface area (Å²) in [5, 5.41) is 16.7. The summed E-state index contributed by atoms with van der Waals surface area (Å²) in [5.74, 6) is 0. The maximum atomic E-state index is 12.3. The second kappa shape index (κ2) is 6.65. The summed E-state index contributed by atoms with van der Waals surface area (Å²) in [4.78, 5) is 26.9. The van der Waals surface area contributed by atoms with Gasteiger partial charge in [0.15, 0.2) is 0 Å². The molecular weight excluding hydrogens is 330 g/mol. The number of H-pyrrole nitrogens is 1. The SMILES string of the molecule is O=C(NCc1cc(=O)[nH]c2ccccc12)NC1c2ccccc2CC1O. The van der Waals surface area contributed by atoms with Crippen LogP contribution >= 0.6 is 0 Å². The highest BCUT2D eigenvalue weighted by Gasteiger charge is 2.31. The van der Waals surface area contributed by atoms with E-state index in [1.807, 2.05) is 48.5 Å². The summed E-state index contributed by atoms with van der Waals surface area (Å²) in [6.45, 7) is 0.223. The van der Waals surface area contributed by atoms with E-state index in [1.165, 1.54) is 6.07 Å². The fourth-order valence-electron chi connectivity index (χ4n) is 3.54. The Kier molecular flexibility index (Phi) is 4.18. The van der Waals surface area contributed by atoms with Crippen molar-refractivity contribution in [2.75, 3.05) is 0 Å². The number of aliphatic hydroxyl groups is 1. The van der Waals surface area contributed by atoms with Crippen molar-refractivity contribution >= 4 is 16.9 Å². The van der Waals surface area contributed by atoms with Gasteiger partial charge < -0.3 is 20.7 Å². The average Bonchev–Trinajstić information content (AvgIpc) is 2.95. The van der Waals surface area contributed by atoms with Crippen LogP contribution in [0.4, 0.5) is 4.79 Å². The molecule has 0 aliphatic heterocycles. The second-order valence-corrected chi connectivity index (χ2v) is 6.48. The van der Waals surface area contributed by atoms with Gasteiger partial charge in [-0.3, -0.25) is 4.79 Å². The summed E-state index contributed by atoms with van der Waals surface area (Å²) in [7, 11) is 0. The van der Waals surface area contributed by atoms with Gasteiger partial charge in [-0.2, -0.15) is 0 Å². The number of aromatic amines is 1. The number of hydrogen-bond donors (Lipinski definition) is 4. The van der Waals surface area contributed by atoms with E-state index >= 15 is 0 Å². The predicted octanol–water partition coefficient (Wildman–Crippen LogP) is 1.99. The molecule has 3 aromatic rings. The zero-order valence-electron chi connectivity index (χ0n) is 14.0. The van der Waals surface area contributed by atoms with Crippen molar-refractivity contribution in [2.24, 2.45) is 0 Å². The molecule has 2 amide bonds. The first-order valence-corrected chi connectivity index (χ1v) is 8.53. The van der Waals surface area contributed by atoms with Gasteiger partial charge in [0.25, 0.3) is 0 Å². The van der Waals surface area contributed by atoms with Gasteiger partial charge in [-0.1, -0.05) is 42.5 Å². The Morgan fingerprint density at radius 2 is 1.92 bits per heavy atom. The van der Waals surface area contributed by atoms with Gasteiger partial charge in [-0.05, 0) is 22.8 Å². The second-order valence-electron chi connectivity index (χ2n) is 6.48. The summed E-state index contributed by atoms with van der Waals surface area (Å²) in [5.41, 5.74) is 3.26. The van der Waals surface area contributed by atoms with E-state index in [1.54, 1.807) is 0 Å². The number of benzene rings is 2. The van der Waals surface area contributed by atoms with Crippen molar-refractivity contribution in [1.82, 2.24) is 15.6 Å². The third kappa shape index (κ3) is 3.07. The quantitative estimate of drug-likeness (QED) is 0.582. The van der Waals surface area contributed by atoms with Crippen LogP contribution in [-0.4, -0.2) is 22.2 Å². The standard InChI is InChI=1S/C20H19N3O3/c24-17-9-12-5-1-2-7-15(12)19(17)23-20(26)21-11-13-10-18(25)22-16-8-4-3-6-14(13)16/h1-8,10,17,19,24H,9,11H2,(H,22,25)(H2,21,23,26). The minimum atomic E-state index is -0.640. The van der Waals surface area contributed by atoms with Gasteiger partial charge in [-0.25, -0.2) is 4.79 Å². The molecule has 0 radical (unpaired) electrons. The first kappa shape index (κ1) is 16.4. The van der Waals surface area contributed by atoms with Crippen LogP contribution in [-0.2, 0) is 13.0 Å². The normalized spacial score (nSPS) is 18.5. The number of para-hydroxylation sites is 1. The number of amides is 2. The molecule has 2 aromatic carbocycles. The van der Waals surface area contributed by atoms with Crippen molar-refractivity contribution in [3.8, 4) is 0 Å². The first-order chi connectivity index (χ1) is 12.6. The van der Waals surface area contributed by atoms with E-state index < -0.39 is 12.1 Å². The Balaban J connectivity index is 1.48. The van der Waals surface area contributed by atoms with E-state index in [0.717, 1.165) is 27.6 Å². The fraction of sp³-hybridized carbons (Fsp3) is 0.200. The lowest BCUT2D eigenvalue weighted by atomic mass is 10.1. The number of urea groups is 1. The van der Waals surface area contributed by atoms with Gasteiger partial charge in [0.2, 0.25) is 5.56 Å². The topological polar surface area (TPSA) is 94.2 Å². The average molecular weight is 349 g/mol. The molecule has 4 N–H and O–H groups in total. The molecule has 26 heavy (non-hydrogen) atoms. The summed E-state index contributed by atoms with van der Waals surface area (Å²) < 4.78 is 0. The van der Waals surface area contributed by atoms with Crippen molar-refractivity contribution in [1.29, 1.82) is 0 Å². The van der Waals surface area contributed by atoms with Gasteiger partial charge in [0.1, 0.15) is 0 Å². The van der Waals surface area contributed by atoms with E-state index in [-0.39, 0.29) is 18.1 Å². The highest BCUT2D eigenvalue weighted by Crippen LogP contribution is 2.31. The molecule has 6 nitrogen and oxygen atoms in total. The van der Waals surface area contributed by atoms with Crippen molar-refractivity contribution in [3.05, 3.63) is 81.6 Å². The third-order valence-electron chi connectivity index (χ3n) is 4.77. The number of nitrogens with one attached hydrogen (secondary N) is 3. The van der Waals surface area contributed by atoms with Crippen LogP contribution in [0.3, 0.4) is 0 Å². The Morgan fingerprint density at radius 3 is 2.81 bits per heavy atom. The summed E-state index contributed by atoms with van der Waals surface area (Å²) in [6, 6.07) is 15.8. The molecule has 1 aliphatic carbocycles. The number of carbonyl (C=O) groups is 1. The molecule has 1 heterocycles. The van der Waals surface area contributed by atoms with E-state index in [9.17, 15) is 14.7 Å². The van der Waals surface area contributed by atoms with Crippen LogP contribution in [0.15, 0.2) is 59.4 Å². The number of pyridine rings is 1. The minimum absolute atomic E-state index is 0.207. The smallest absolute Gasteiger partial charge is 0.315 e. The highest BCUT2D eigenvalue weighted by molar-refractivity contribution is 5.82. The lowest BCUT2D eigenvalue weighted by molar-refractivity contribution is 0.142. The van der Waals surface area contributed by atoms with Gasteiger partial charge in [0, 0.05) is 29.9 Å². The lowest BCUT2D eigenvalue weighted by Gasteiger charge is -2.18. The van der Waals surface area contributed by atoms with Gasteiger partial charge in [-0.15, -0.1) is 0 Å². The van der Waals surface area contributed by atoms with Crippen molar-refractivity contribution in [3.63, 3.8) is 0 Å². The lowest BCUT2D eigenvalue weighted by Crippen LogP contribution is -2.40. The fourth-order valence-corrected chi connectivity index (χ4v) is 3.54. The van der Waals surface area contributed by atoms with Crippen LogP contribution in [0.2, 0.25) is 0 Å². The molecule has 1 aromatic heterocycles. The van der Waals surface area contributed by atoms with Crippen LogP contribution in [0.5, 0.6) is 0 Å². The molecule has 4 rings (SSSR count). The van der Waals surface area contributed by atoms with Gasteiger partial charge >= 0.3 is 6.03 Å². The van der Waals surface area contributed by atoms with Gasteiger partial charge in [0.05, 0.1) is 12.1 Å². The van der Waals surface area contributed by atoms with E-state index in [2.05, 4.69) is 15.6 Å². The Morgan fingerprint density at radius 1 is 1.15 bits per heavy atom. The number of rotatable bonds is 3. The number of fused-ring (bicyclic) bond motifs is 2. The van der Waals surface area contributed by atoms with Crippen molar-refractivity contribution < 1.29 is 9.90 Å². The van der Waals surface area contributed by atoms with Crippen LogP contribution < -0.4 is 16.2 Å². The van der Waals surface area contributed by atoms with Crippen LogP contribution in [0.1, 0.15) is 22.7 Å². The molecule has 6 heteroatoms. The molecular formula is C20H19N3O3. The molecule has 0 saturated heterocycles. The molecule has 2 atom stereocenters. The molecule has 0 bridgehead atoms. The summed E-state index contributed by atoms with van der Waals surface area (Å²) >= 11 is 0. The van der Waals surface area contributed by atoms with E-state index in [4.69, 9.17) is 0 Å². The number of carbonyl (C=O) groups excluding carboxylic acids is 1. The molecule has 0 spiro atoms. The maximum absolute atomic E-state index is 12.3. The zero-order chi connectivity index (χ0) is 18.1. The summed E-state index contributed by atoms with van der Waals surface area (Å²) in [6.07, 6.45) is -0.113. The molecule has 0 saturated carbocycles. The van der Waals surface area contributed by atoms with Crippen LogP contribution in [0, 0.1) is 0 Å². The first-order valence-electron chi connectivity index (χ1n) is 8.53. The van der Waals surface area contributed by atoms with Crippen molar-refractivity contribution in [2.45, 2.75) is 25.1 Å². The highest BCUT2D eigenvalue weighted by atomic mass is 16.3. The van der Waals surface area contributed by atoms with Crippen LogP contribution in [0.25, 0.3) is 10.9 Å². The maximum Gasteiger partial charge on any atom is 0.315 e. The predicted molar refractivity (Wildman–Crippen MR) is 98.8 cm³/mol. The number of hydrogen-bond acceptors (Lipinski definition) is 3. The number of aromatic nitrogens is 1. The molecule has 0 fully saturated rings. The molecule has 132 valence electrons. The Hall–Kier alpha value is -3.12. The monoisotopic (exact) mass is 349 g/mol. The third-order valence-corrected chi connectivity index (χ3v) is 4.77. The molecule has 1 aliphatic rings. The Bertz CT molecular complexity index is 1030. The Labute approximate surface area is 149 Å². The number of aliphatic hydroxyl groups excluding tert-OH is 1.